The first kappa shape index (κ1) is 12.1. The molecule has 0 spiro atoms. The summed E-state index contributed by atoms with van der Waals surface area (Å²) in [6.45, 7) is 2.61. The molecule has 0 atom stereocenters. The molecule has 0 amide bonds. The molecule has 0 saturated heterocycles. The van der Waals surface area contributed by atoms with Crippen LogP contribution in [-0.4, -0.2) is 0 Å². The summed E-state index contributed by atoms with van der Waals surface area (Å²) in [6.07, 6.45) is 0. The van der Waals surface area contributed by atoms with Gasteiger partial charge in [-0.25, -0.2) is 0 Å². The predicted molar refractivity (Wildman–Crippen MR) is 78.2 cm³/mol. The van der Waals surface area contributed by atoms with Gasteiger partial charge in [-0.05, 0) is 48.4 Å². The number of nitrogen functional groups attached to an aromatic ring is 3. The summed E-state index contributed by atoms with van der Waals surface area (Å²) in [4.78, 5) is 0. The van der Waals surface area contributed by atoms with Crippen molar-refractivity contribution in [2.45, 2.75) is 13.5 Å². The lowest BCUT2D eigenvalue weighted by atomic mass is 10.1. The van der Waals surface area contributed by atoms with E-state index < -0.39 is 0 Å². The van der Waals surface area contributed by atoms with Gasteiger partial charge in [-0.1, -0.05) is 6.07 Å². The molecule has 2 aromatic rings. The molecule has 7 N–H and O–H groups in total. The number of hydrogen-bond acceptors (Lipinski definition) is 4. The zero-order valence-corrected chi connectivity index (χ0v) is 10.4. The van der Waals surface area contributed by atoms with Crippen LogP contribution >= 0.6 is 0 Å². The first-order valence-electron chi connectivity index (χ1n) is 5.80. The zero-order valence-electron chi connectivity index (χ0n) is 10.4. The first-order valence-corrected chi connectivity index (χ1v) is 5.80. The van der Waals surface area contributed by atoms with Gasteiger partial charge in [0.05, 0.1) is 11.4 Å². The van der Waals surface area contributed by atoms with Crippen LogP contribution in [0.3, 0.4) is 0 Å². The molecule has 4 heteroatoms. The fourth-order valence-corrected chi connectivity index (χ4v) is 1.81. The lowest BCUT2D eigenvalue weighted by molar-refractivity contribution is 1.15. The Bertz CT molecular complexity index is 564. The maximum atomic E-state index is 5.94. The van der Waals surface area contributed by atoms with Gasteiger partial charge in [0.15, 0.2) is 0 Å². The van der Waals surface area contributed by atoms with E-state index in [4.69, 9.17) is 17.2 Å². The third-order valence-electron chi connectivity index (χ3n) is 2.84. The SMILES string of the molecule is Cc1ccc(NCc2cc(N)ccc2N)c(N)c1. The maximum absolute atomic E-state index is 5.94. The third kappa shape index (κ3) is 2.66. The number of hydrogen-bond donors (Lipinski definition) is 4. The van der Waals surface area contributed by atoms with Gasteiger partial charge in [0.25, 0.3) is 0 Å². The minimum atomic E-state index is 0.601. The third-order valence-corrected chi connectivity index (χ3v) is 2.84. The Balaban J connectivity index is 2.13. The van der Waals surface area contributed by atoms with E-state index in [-0.39, 0.29) is 0 Å². The van der Waals surface area contributed by atoms with E-state index in [2.05, 4.69) is 5.32 Å². The van der Waals surface area contributed by atoms with E-state index in [1.807, 2.05) is 37.3 Å². The molecule has 0 saturated carbocycles. The van der Waals surface area contributed by atoms with Gasteiger partial charge in [-0.15, -0.1) is 0 Å². The molecular formula is C14H18N4. The Hall–Kier alpha value is -2.36. The lowest BCUT2D eigenvalue weighted by Gasteiger charge is -2.12. The fraction of sp³-hybridized carbons (Fsp3) is 0.143. The molecule has 2 rings (SSSR count). The van der Waals surface area contributed by atoms with E-state index in [1.165, 1.54) is 0 Å². The van der Waals surface area contributed by atoms with E-state index in [0.29, 0.717) is 12.2 Å². The zero-order chi connectivity index (χ0) is 13.1. The Labute approximate surface area is 107 Å². The minimum Gasteiger partial charge on any atom is -0.399 e. The van der Waals surface area contributed by atoms with Gasteiger partial charge in [-0.3, -0.25) is 0 Å². The summed E-state index contributed by atoms with van der Waals surface area (Å²) in [6, 6.07) is 11.4. The largest absolute Gasteiger partial charge is 0.399 e. The molecule has 0 unspecified atom stereocenters. The highest BCUT2D eigenvalue weighted by molar-refractivity contribution is 5.67. The molecule has 0 aromatic heterocycles. The van der Waals surface area contributed by atoms with Gasteiger partial charge < -0.3 is 22.5 Å². The van der Waals surface area contributed by atoms with E-state index in [1.54, 1.807) is 6.07 Å². The van der Waals surface area contributed by atoms with Crippen LogP contribution in [-0.2, 0) is 6.54 Å². The number of nitrogens with one attached hydrogen (secondary N) is 1. The standard InChI is InChI=1S/C14H18N4/c1-9-2-5-14(13(17)6-9)18-8-10-7-11(15)3-4-12(10)16/h2-7,18H,8,15-17H2,1H3. The Kier molecular flexibility index (Phi) is 3.28. The smallest absolute Gasteiger partial charge is 0.0576 e. The second kappa shape index (κ2) is 4.87. The summed E-state index contributed by atoms with van der Waals surface area (Å²) < 4.78 is 0. The van der Waals surface area contributed by atoms with Crippen LogP contribution in [0.1, 0.15) is 11.1 Å². The molecule has 0 aliphatic heterocycles. The highest BCUT2D eigenvalue weighted by Gasteiger charge is 2.02. The van der Waals surface area contributed by atoms with Crippen LogP contribution in [0, 0.1) is 6.92 Å². The number of benzene rings is 2. The minimum absolute atomic E-state index is 0.601. The Morgan fingerprint density at radius 1 is 0.944 bits per heavy atom. The molecule has 18 heavy (non-hydrogen) atoms. The van der Waals surface area contributed by atoms with Crippen LogP contribution in [0.25, 0.3) is 0 Å². The van der Waals surface area contributed by atoms with E-state index in [0.717, 1.165) is 28.2 Å². The van der Waals surface area contributed by atoms with Crippen molar-refractivity contribution in [3.8, 4) is 0 Å². The number of anilines is 4. The average molecular weight is 242 g/mol. The maximum Gasteiger partial charge on any atom is 0.0576 e. The Morgan fingerprint density at radius 2 is 1.72 bits per heavy atom. The Morgan fingerprint density at radius 3 is 2.44 bits per heavy atom. The van der Waals surface area contributed by atoms with Crippen LogP contribution < -0.4 is 22.5 Å². The lowest BCUT2D eigenvalue weighted by Crippen LogP contribution is -2.05. The molecule has 0 bridgehead atoms. The highest BCUT2D eigenvalue weighted by atomic mass is 14.9. The average Bonchev–Trinajstić information content (AvgIpc) is 2.32. The van der Waals surface area contributed by atoms with Crippen LogP contribution in [0.15, 0.2) is 36.4 Å². The molecular weight excluding hydrogens is 224 g/mol. The molecule has 0 aliphatic carbocycles. The summed E-state index contributed by atoms with van der Waals surface area (Å²) in [5, 5.41) is 3.26. The summed E-state index contributed by atoms with van der Waals surface area (Å²) in [5.41, 5.74) is 22.7. The van der Waals surface area contributed by atoms with Gasteiger partial charge >= 0.3 is 0 Å². The van der Waals surface area contributed by atoms with Gasteiger partial charge in [-0.2, -0.15) is 0 Å². The van der Waals surface area contributed by atoms with Crippen molar-refractivity contribution in [3.05, 3.63) is 47.5 Å². The van der Waals surface area contributed by atoms with Crippen molar-refractivity contribution < 1.29 is 0 Å². The molecule has 0 fully saturated rings. The molecule has 0 radical (unpaired) electrons. The monoisotopic (exact) mass is 242 g/mol. The number of aryl methyl sites for hydroxylation is 1. The van der Waals surface area contributed by atoms with Crippen molar-refractivity contribution in [3.63, 3.8) is 0 Å². The normalized spacial score (nSPS) is 10.3. The second-order valence-corrected chi connectivity index (χ2v) is 4.40. The highest BCUT2D eigenvalue weighted by Crippen LogP contribution is 2.22. The summed E-state index contributed by atoms with van der Waals surface area (Å²) >= 11 is 0. The van der Waals surface area contributed by atoms with Crippen molar-refractivity contribution in [2.24, 2.45) is 0 Å². The van der Waals surface area contributed by atoms with Gasteiger partial charge in [0.1, 0.15) is 0 Å². The van der Waals surface area contributed by atoms with Crippen molar-refractivity contribution in [1.29, 1.82) is 0 Å². The van der Waals surface area contributed by atoms with Gasteiger partial charge in [0, 0.05) is 17.9 Å². The topological polar surface area (TPSA) is 90.1 Å². The molecule has 94 valence electrons. The van der Waals surface area contributed by atoms with Crippen molar-refractivity contribution >= 4 is 22.7 Å². The van der Waals surface area contributed by atoms with Crippen LogP contribution in [0.2, 0.25) is 0 Å². The van der Waals surface area contributed by atoms with E-state index >= 15 is 0 Å². The van der Waals surface area contributed by atoms with Crippen molar-refractivity contribution in [2.75, 3.05) is 22.5 Å². The van der Waals surface area contributed by atoms with E-state index in [9.17, 15) is 0 Å². The summed E-state index contributed by atoms with van der Waals surface area (Å²) in [7, 11) is 0. The van der Waals surface area contributed by atoms with Crippen LogP contribution in [0.4, 0.5) is 22.7 Å². The van der Waals surface area contributed by atoms with Crippen molar-refractivity contribution in [1.82, 2.24) is 0 Å². The van der Waals surface area contributed by atoms with Crippen LogP contribution in [0.5, 0.6) is 0 Å². The quantitative estimate of drug-likeness (QED) is 0.622. The molecule has 2 aromatic carbocycles. The van der Waals surface area contributed by atoms with Gasteiger partial charge in [0.2, 0.25) is 0 Å². The molecule has 4 nitrogen and oxygen atoms in total. The predicted octanol–water partition coefficient (Wildman–Crippen LogP) is 2.35. The number of nitrogens with two attached hydrogens (primary N) is 3. The fourth-order valence-electron chi connectivity index (χ4n) is 1.81. The molecule has 0 heterocycles. The molecule has 0 aliphatic rings. The number of rotatable bonds is 3. The summed E-state index contributed by atoms with van der Waals surface area (Å²) in [5.74, 6) is 0. The second-order valence-electron chi connectivity index (χ2n) is 4.40. The first-order chi connectivity index (χ1) is 8.56.